The van der Waals surface area contributed by atoms with Gasteiger partial charge in [0.05, 0.1) is 6.54 Å². The molecule has 1 aliphatic heterocycles. The second kappa shape index (κ2) is 7.70. The van der Waals surface area contributed by atoms with Crippen molar-refractivity contribution < 1.29 is 4.74 Å². The Balaban J connectivity index is 1.62. The summed E-state index contributed by atoms with van der Waals surface area (Å²) in [6.45, 7) is 6.73. The molecule has 2 aromatic rings. The van der Waals surface area contributed by atoms with Crippen molar-refractivity contribution in [3.63, 3.8) is 0 Å². The fourth-order valence-electron chi connectivity index (χ4n) is 2.92. The lowest BCUT2D eigenvalue weighted by Crippen LogP contribution is -2.26. The highest BCUT2D eigenvalue weighted by Crippen LogP contribution is 2.24. The molecule has 1 aromatic heterocycles. The Morgan fingerprint density at radius 2 is 2.08 bits per heavy atom. The molecule has 0 aliphatic carbocycles. The highest BCUT2D eigenvalue weighted by Gasteiger charge is 2.25. The first-order chi connectivity index (χ1) is 12.1. The van der Waals surface area contributed by atoms with Crippen LogP contribution in [-0.4, -0.2) is 42.8 Å². The summed E-state index contributed by atoms with van der Waals surface area (Å²) in [6.07, 6.45) is 2.98. The van der Waals surface area contributed by atoms with Crippen LogP contribution >= 0.6 is 0 Å². The fourth-order valence-corrected chi connectivity index (χ4v) is 2.92. The SMILES string of the molecule is CCN(C)c1nccc(N2CCC(Oc3ccc([C@H](C)N)cc3)C2)n1. The summed E-state index contributed by atoms with van der Waals surface area (Å²) < 4.78 is 6.12. The number of nitrogens with two attached hydrogens (primary N) is 1. The molecule has 0 radical (unpaired) electrons. The van der Waals surface area contributed by atoms with Crippen molar-refractivity contribution in [1.29, 1.82) is 0 Å². The zero-order chi connectivity index (χ0) is 17.8. The molecule has 1 unspecified atom stereocenters. The van der Waals surface area contributed by atoms with Crippen molar-refractivity contribution in [2.24, 2.45) is 5.73 Å². The largest absolute Gasteiger partial charge is 0.489 e. The monoisotopic (exact) mass is 341 g/mol. The molecule has 1 saturated heterocycles. The Morgan fingerprint density at radius 3 is 2.76 bits per heavy atom. The van der Waals surface area contributed by atoms with Crippen molar-refractivity contribution in [3.05, 3.63) is 42.1 Å². The highest BCUT2D eigenvalue weighted by molar-refractivity contribution is 5.44. The first kappa shape index (κ1) is 17.5. The van der Waals surface area contributed by atoms with E-state index in [2.05, 4.69) is 21.8 Å². The minimum absolute atomic E-state index is 0.0456. The predicted octanol–water partition coefficient (Wildman–Crippen LogP) is 2.61. The minimum Gasteiger partial charge on any atom is -0.489 e. The summed E-state index contributed by atoms with van der Waals surface area (Å²) in [5.41, 5.74) is 7.01. The van der Waals surface area contributed by atoms with Gasteiger partial charge >= 0.3 is 0 Å². The number of nitrogens with zero attached hydrogens (tertiary/aromatic N) is 4. The van der Waals surface area contributed by atoms with E-state index in [-0.39, 0.29) is 12.1 Å². The smallest absolute Gasteiger partial charge is 0.226 e. The Morgan fingerprint density at radius 1 is 1.32 bits per heavy atom. The molecule has 25 heavy (non-hydrogen) atoms. The molecule has 6 heteroatoms. The average Bonchev–Trinajstić information content (AvgIpc) is 3.10. The van der Waals surface area contributed by atoms with Gasteiger partial charge in [0.15, 0.2) is 0 Å². The molecule has 0 amide bonds. The maximum Gasteiger partial charge on any atom is 0.226 e. The zero-order valence-electron chi connectivity index (χ0n) is 15.2. The number of hydrogen-bond donors (Lipinski definition) is 1. The molecular weight excluding hydrogens is 314 g/mol. The van der Waals surface area contributed by atoms with E-state index in [1.165, 1.54) is 0 Å². The molecule has 0 bridgehead atoms. The molecule has 0 saturated carbocycles. The molecule has 2 N–H and O–H groups in total. The van der Waals surface area contributed by atoms with E-state index in [0.29, 0.717) is 0 Å². The van der Waals surface area contributed by atoms with Gasteiger partial charge in [-0.25, -0.2) is 4.98 Å². The van der Waals surface area contributed by atoms with Crippen LogP contribution < -0.4 is 20.3 Å². The Bertz CT molecular complexity index is 688. The van der Waals surface area contributed by atoms with Gasteiger partial charge in [0, 0.05) is 38.8 Å². The number of rotatable bonds is 6. The first-order valence-corrected chi connectivity index (χ1v) is 8.88. The van der Waals surface area contributed by atoms with Gasteiger partial charge < -0.3 is 20.3 Å². The van der Waals surface area contributed by atoms with Gasteiger partial charge in [-0.05, 0) is 37.6 Å². The summed E-state index contributed by atoms with van der Waals surface area (Å²) in [7, 11) is 2.00. The van der Waals surface area contributed by atoms with Crippen molar-refractivity contribution in [2.75, 3.05) is 36.5 Å². The lowest BCUT2D eigenvalue weighted by atomic mass is 10.1. The summed E-state index contributed by atoms with van der Waals surface area (Å²) in [5.74, 6) is 2.62. The van der Waals surface area contributed by atoms with Crippen LogP contribution in [0, 0.1) is 0 Å². The molecule has 3 rings (SSSR count). The van der Waals surface area contributed by atoms with Crippen LogP contribution in [0.4, 0.5) is 11.8 Å². The molecule has 0 spiro atoms. The van der Waals surface area contributed by atoms with E-state index in [4.69, 9.17) is 10.5 Å². The Kier molecular flexibility index (Phi) is 5.38. The van der Waals surface area contributed by atoms with Crippen LogP contribution in [0.2, 0.25) is 0 Å². The number of benzene rings is 1. The minimum atomic E-state index is 0.0456. The normalized spacial score (nSPS) is 18.2. The lowest BCUT2D eigenvalue weighted by molar-refractivity contribution is 0.225. The molecule has 134 valence electrons. The van der Waals surface area contributed by atoms with E-state index in [0.717, 1.165) is 49.1 Å². The quantitative estimate of drug-likeness (QED) is 0.871. The lowest BCUT2D eigenvalue weighted by Gasteiger charge is -2.20. The third kappa shape index (κ3) is 4.20. The molecule has 1 aliphatic rings. The molecule has 1 aromatic carbocycles. The number of ether oxygens (including phenoxy) is 1. The van der Waals surface area contributed by atoms with Gasteiger partial charge in [0.1, 0.15) is 17.7 Å². The van der Waals surface area contributed by atoms with Gasteiger partial charge in [-0.3, -0.25) is 0 Å². The average molecular weight is 341 g/mol. The van der Waals surface area contributed by atoms with Crippen molar-refractivity contribution in [3.8, 4) is 5.75 Å². The van der Waals surface area contributed by atoms with E-state index in [9.17, 15) is 0 Å². The zero-order valence-corrected chi connectivity index (χ0v) is 15.2. The van der Waals surface area contributed by atoms with Crippen LogP contribution in [0.1, 0.15) is 31.9 Å². The van der Waals surface area contributed by atoms with E-state index >= 15 is 0 Å². The molecular formula is C19H27N5O. The van der Waals surface area contributed by atoms with Crippen LogP contribution in [0.3, 0.4) is 0 Å². The standard InChI is InChI=1S/C19H27N5O/c1-4-23(3)19-21-11-9-18(22-19)24-12-10-17(13-24)25-16-7-5-15(6-8-16)14(2)20/h5-9,11,14,17H,4,10,12-13,20H2,1-3H3/t14-,17?/m0/s1. The van der Waals surface area contributed by atoms with Gasteiger partial charge in [-0.1, -0.05) is 12.1 Å². The third-order valence-electron chi connectivity index (χ3n) is 4.62. The van der Waals surface area contributed by atoms with Gasteiger partial charge in [0.25, 0.3) is 0 Å². The van der Waals surface area contributed by atoms with Crippen LogP contribution in [-0.2, 0) is 0 Å². The van der Waals surface area contributed by atoms with Crippen molar-refractivity contribution >= 4 is 11.8 Å². The number of hydrogen-bond acceptors (Lipinski definition) is 6. The molecule has 1 fully saturated rings. The topological polar surface area (TPSA) is 67.5 Å². The Labute approximate surface area is 149 Å². The van der Waals surface area contributed by atoms with Gasteiger partial charge in [0.2, 0.25) is 5.95 Å². The summed E-state index contributed by atoms with van der Waals surface area (Å²) in [6, 6.07) is 10.1. The van der Waals surface area contributed by atoms with E-state index in [1.54, 1.807) is 0 Å². The third-order valence-corrected chi connectivity index (χ3v) is 4.62. The second-order valence-corrected chi connectivity index (χ2v) is 6.56. The predicted molar refractivity (Wildman–Crippen MR) is 101 cm³/mol. The maximum absolute atomic E-state index is 6.12. The van der Waals surface area contributed by atoms with E-state index < -0.39 is 0 Å². The van der Waals surface area contributed by atoms with Gasteiger partial charge in [-0.2, -0.15) is 4.98 Å². The summed E-state index contributed by atoms with van der Waals surface area (Å²) >= 11 is 0. The fraction of sp³-hybridized carbons (Fsp3) is 0.474. The van der Waals surface area contributed by atoms with Crippen LogP contribution in [0.15, 0.2) is 36.5 Å². The first-order valence-electron chi connectivity index (χ1n) is 8.88. The van der Waals surface area contributed by atoms with Crippen LogP contribution in [0.25, 0.3) is 0 Å². The summed E-state index contributed by atoms with van der Waals surface area (Å²) in [5, 5.41) is 0. The second-order valence-electron chi connectivity index (χ2n) is 6.56. The Hall–Kier alpha value is -2.34. The molecule has 2 atom stereocenters. The van der Waals surface area contributed by atoms with Crippen LogP contribution in [0.5, 0.6) is 5.75 Å². The van der Waals surface area contributed by atoms with Crippen molar-refractivity contribution in [2.45, 2.75) is 32.4 Å². The maximum atomic E-state index is 6.12. The highest BCUT2D eigenvalue weighted by atomic mass is 16.5. The molecule has 6 nitrogen and oxygen atoms in total. The number of anilines is 2. The molecule has 2 heterocycles. The summed E-state index contributed by atoms with van der Waals surface area (Å²) in [4.78, 5) is 13.3. The number of aromatic nitrogens is 2. The van der Waals surface area contributed by atoms with Gasteiger partial charge in [-0.15, -0.1) is 0 Å². The van der Waals surface area contributed by atoms with E-state index in [1.807, 2.05) is 55.4 Å². The van der Waals surface area contributed by atoms with Crippen molar-refractivity contribution in [1.82, 2.24) is 9.97 Å².